The molecule has 1 aromatic carbocycles. The average molecular weight is 274 g/mol. The van der Waals surface area contributed by atoms with E-state index >= 15 is 0 Å². The van der Waals surface area contributed by atoms with Gasteiger partial charge < -0.3 is 0 Å². The van der Waals surface area contributed by atoms with E-state index in [-0.39, 0.29) is 23.9 Å². The number of imide groups is 1. The van der Waals surface area contributed by atoms with Gasteiger partial charge >= 0.3 is 0 Å². The molecular weight excluding hydrogens is 252 g/mol. The molecule has 0 spiro atoms. The number of rotatable bonds is 4. The Morgan fingerprint density at radius 1 is 1.30 bits per heavy atom. The maximum absolute atomic E-state index is 12.1. The summed E-state index contributed by atoms with van der Waals surface area (Å²) in [5.41, 5.74) is 2.41. The average Bonchev–Trinajstić information content (AvgIpc) is 2.45. The zero-order valence-electron chi connectivity index (χ0n) is 12.3. The maximum atomic E-state index is 12.1. The molecule has 4 nitrogen and oxygen atoms in total. The minimum absolute atomic E-state index is 0.0866. The first-order valence-electron chi connectivity index (χ1n) is 7.16. The quantitative estimate of drug-likeness (QED) is 0.856. The van der Waals surface area contributed by atoms with Crippen molar-refractivity contribution in [3.63, 3.8) is 0 Å². The molecule has 108 valence electrons. The van der Waals surface area contributed by atoms with E-state index < -0.39 is 0 Å². The minimum atomic E-state index is -0.260. The van der Waals surface area contributed by atoms with Gasteiger partial charge in [0.1, 0.15) is 0 Å². The molecule has 1 heterocycles. The summed E-state index contributed by atoms with van der Waals surface area (Å²) in [6, 6.07) is 8.24. The van der Waals surface area contributed by atoms with Crippen LogP contribution in [0.15, 0.2) is 24.3 Å². The Labute approximate surface area is 120 Å². The number of hydrogen-bond donors (Lipinski definition) is 1. The van der Waals surface area contributed by atoms with Gasteiger partial charge in [-0.1, -0.05) is 36.8 Å². The third kappa shape index (κ3) is 3.07. The van der Waals surface area contributed by atoms with Crippen molar-refractivity contribution in [2.24, 2.45) is 0 Å². The van der Waals surface area contributed by atoms with Crippen molar-refractivity contribution in [1.29, 1.82) is 0 Å². The van der Waals surface area contributed by atoms with Crippen LogP contribution in [-0.4, -0.2) is 29.8 Å². The second-order valence-corrected chi connectivity index (χ2v) is 5.42. The van der Waals surface area contributed by atoms with Gasteiger partial charge in [0.05, 0.1) is 6.04 Å². The van der Waals surface area contributed by atoms with Gasteiger partial charge in [-0.25, -0.2) is 0 Å². The number of aryl methyl sites for hydroxylation is 1. The summed E-state index contributed by atoms with van der Waals surface area (Å²) >= 11 is 0. The van der Waals surface area contributed by atoms with Crippen LogP contribution in [0, 0.1) is 6.92 Å². The largest absolute Gasteiger partial charge is 0.299 e. The van der Waals surface area contributed by atoms with Gasteiger partial charge in [-0.2, -0.15) is 0 Å². The van der Waals surface area contributed by atoms with Crippen LogP contribution in [-0.2, 0) is 9.59 Å². The second-order valence-electron chi connectivity index (χ2n) is 5.42. The minimum Gasteiger partial charge on any atom is -0.299 e. The fraction of sp³-hybridized carbons (Fsp3) is 0.500. The van der Waals surface area contributed by atoms with Crippen molar-refractivity contribution >= 4 is 11.8 Å². The molecule has 1 N–H and O–H groups in total. The van der Waals surface area contributed by atoms with Crippen molar-refractivity contribution < 1.29 is 9.59 Å². The Bertz CT molecular complexity index is 496. The molecular formula is C16H22N2O2. The molecule has 4 heteroatoms. The van der Waals surface area contributed by atoms with Crippen molar-refractivity contribution in [3.8, 4) is 0 Å². The summed E-state index contributed by atoms with van der Waals surface area (Å²) in [5.74, 6) is -0.205. The first-order valence-corrected chi connectivity index (χ1v) is 7.16. The number of piperidine rings is 1. The lowest BCUT2D eigenvalue weighted by molar-refractivity contribution is -0.148. The summed E-state index contributed by atoms with van der Waals surface area (Å²) in [5, 5.41) is 3.40. The van der Waals surface area contributed by atoms with E-state index in [4.69, 9.17) is 0 Å². The molecule has 2 unspecified atom stereocenters. The van der Waals surface area contributed by atoms with E-state index in [1.807, 2.05) is 0 Å². The number of nitrogens with one attached hydrogen (secondary N) is 1. The van der Waals surface area contributed by atoms with Crippen molar-refractivity contribution in [3.05, 3.63) is 35.4 Å². The highest BCUT2D eigenvalue weighted by molar-refractivity contribution is 6.00. The Hall–Kier alpha value is -1.68. The monoisotopic (exact) mass is 274 g/mol. The van der Waals surface area contributed by atoms with Crippen LogP contribution < -0.4 is 5.32 Å². The lowest BCUT2D eigenvalue weighted by Crippen LogP contribution is -2.52. The molecule has 1 saturated heterocycles. The summed E-state index contributed by atoms with van der Waals surface area (Å²) in [4.78, 5) is 24.8. The molecule has 0 aliphatic carbocycles. The second kappa shape index (κ2) is 6.18. The molecule has 20 heavy (non-hydrogen) atoms. The van der Waals surface area contributed by atoms with Crippen LogP contribution in [0.3, 0.4) is 0 Å². The molecule has 1 aliphatic heterocycles. The number of nitrogens with zero attached hydrogens (tertiary/aromatic N) is 1. The van der Waals surface area contributed by atoms with Crippen molar-refractivity contribution in [2.45, 2.75) is 45.2 Å². The van der Waals surface area contributed by atoms with Crippen LogP contribution >= 0.6 is 0 Å². The highest BCUT2D eigenvalue weighted by atomic mass is 16.2. The number of likely N-dealkylation sites (N-methyl/N-ethyl adjacent to an activating group) is 1. The number of hydrogen-bond acceptors (Lipinski definition) is 3. The first-order chi connectivity index (χ1) is 9.52. The van der Waals surface area contributed by atoms with Crippen LogP contribution in [0.2, 0.25) is 0 Å². The van der Waals surface area contributed by atoms with E-state index in [2.05, 4.69) is 43.4 Å². The first kappa shape index (κ1) is 14.7. The molecule has 2 rings (SSSR count). The van der Waals surface area contributed by atoms with Gasteiger partial charge in [-0.05, 0) is 25.3 Å². The molecule has 2 amide bonds. The normalized spacial score (nSPS) is 21.1. The predicted octanol–water partition coefficient (Wildman–Crippen LogP) is 2.18. The molecule has 2 atom stereocenters. The lowest BCUT2D eigenvalue weighted by Gasteiger charge is -2.31. The molecule has 0 saturated carbocycles. The van der Waals surface area contributed by atoms with E-state index in [9.17, 15) is 9.59 Å². The molecule has 1 aromatic rings. The summed E-state index contributed by atoms with van der Waals surface area (Å²) in [7, 11) is 1.56. The van der Waals surface area contributed by atoms with E-state index in [0.717, 1.165) is 6.42 Å². The number of carbonyl (C=O) groups is 2. The summed E-state index contributed by atoms with van der Waals surface area (Å²) in [6.07, 6.45) is 1.93. The number of amides is 2. The molecule has 1 fully saturated rings. The smallest absolute Gasteiger partial charge is 0.246 e. The summed E-state index contributed by atoms with van der Waals surface area (Å²) in [6.45, 7) is 4.16. The zero-order valence-corrected chi connectivity index (χ0v) is 12.3. The number of benzene rings is 1. The molecule has 1 aliphatic rings. The number of likely N-dealkylation sites (tertiary alicyclic amines) is 1. The molecule has 0 radical (unpaired) electrons. The van der Waals surface area contributed by atoms with Gasteiger partial charge in [0, 0.05) is 19.5 Å². The highest BCUT2D eigenvalue weighted by Crippen LogP contribution is 2.21. The third-order valence-electron chi connectivity index (χ3n) is 3.94. The van der Waals surface area contributed by atoms with Gasteiger partial charge in [0.2, 0.25) is 11.8 Å². The van der Waals surface area contributed by atoms with Gasteiger partial charge in [0.25, 0.3) is 0 Å². The third-order valence-corrected chi connectivity index (χ3v) is 3.94. The SMILES string of the molecule is CCC(NC1CCC(=O)N(C)C1=O)c1ccc(C)cc1. The predicted molar refractivity (Wildman–Crippen MR) is 78.1 cm³/mol. The molecule has 0 aromatic heterocycles. The van der Waals surface area contributed by atoms with E-state index in [0.29, 0.717) is 12.8 Å². The van der Waals surface area contributed by atoms with Gasteiger partial charge in [0.15, 0.2) is 0 Å². The maximum Gasteiger partial charge on any atom is 0.246 e. The number of carbonyl (C=O) groups excluding carboxylic acids is 2. The fourth-order valence-electron chi connectivity index (χ4n) is 2.56. The Kier molecular flexibility index (Phi) is 4.55. The van der Waals surface area contributed by atoms with Gasteiger partial charge in [-0.3, -0.25) is 19.8 Å². The van der Waals surface area contributed by atoms with Crippen molar-refractivity contribution in [1.82, 2.24) is 10.2 Å². The lowest BCUT2D eigenvalue weighted by atomic mass is 9.98. The zero-order chi connectivity index (χ0) is 14.7. The van der Waals surface area contributed by atoms with Crippen LogP contribution in [0.1, 0.15) is 43.4 Å². The Morgan fingerprint density at radius 2 is 1.95 bits per heavy atom. The Balaban J connectivity index is 2.08. The highest BCUT2D eigenvalue weighted by Gasteiger charge is 2.32. The molecule has 0 bridgehead atoms. The van der Waals surface area contributed by atoms with Crippen LogP contribution in [0.25, 0.3) is 0 Å². The van der Waals surface area contributed by atoms with Crippen LogP contribution in [0.5, 0.6) is 0 Å². The van der Waals surface area contributed by atoms with E-state index in [1.54, 1.807) is 7.05 Å². The van der Waals surface area contributed by atoms with Gasteiger partial charge in [-0.15, -0.1) is 0 Å². The van der Waals surface area contributed by atoms with Crippen molar-refractivity contribution in [2.75, 3.05) is 7.05 Å². The fourth-order valence-corrected chi connectivity index (χ4v) is 2.56. The topological polar surface area (TPSA) is 49.4 Å². The van der Waals surface area contributed by atoms with E-state index in [1.165, 1.54) is 16.0 Å². The van der Waals surface area contributed by atoms with Crippen LogP contribution in [0.4, 0.5) is 0 Å². The Morgan fingerprint density at radius 3 is 2.55 bits per heavy atom. The summed E-state index contributed by atoms with van der Waals surface area (Å²) < 4.78 is 0. The standard InChI is InChI=1S/C16H22N2O2/c1-4-13(12-7-5-11(2)6-8-12)17-14-9-10-15(19)18(3)16(14)20/h5-8,13-14,17H,4,9-10H2,1-3H3.